The summed E-state index contributed by atoms with van der Waals surface area (Å²) in [4.78, 5) is 19.1. The number of rotatable bonds is 7. The number of nitrogens with zero attached hydrogens (tertiary/aromatic N) is 4. The normalized spacial score (nSPS) is 11.0. The number of benzene rings is 1. The Labute approximate surface area is 177 Å². The molecule has 0 bridgehead atoms. The van der Waals surface area contributed by atoms with E-state index < -0.39 is 0 Å². The number of thioether (sulfide) groups is 1. The van der Waals surface area contributed by atoms with Crippen LogP contribution in [0.25, 0.3) is 11.4 Å². The third-order valence-corrected chi connectivity index (χ3v) is 6.43. The van der Waals surface area contributed by atoms with Gasteiger partial charge in [0, 0.05) is 33.3 Å². The van der Waals surface area contributed by atoms with Crippen LogP contribution >= 0.6 is 23.1 Å². The van der Waals surface area contributed by atoms with Gasteiger partial charge in [0.15, 0.2) is 16.8 Å². The molecule has 7 heteroatoms. The minimum absolute atomic E-state index is 0.119. The molecule has 146 valence electrons. The van der Waals surface area contributed by atoms with Crippen LogP contribution in [0, 0.1) is 13.8 Å². The third kappa shape index (κ3) is 4.46. The lowest BCUT2D eigenvalue weighted by atomic mass is 10.2. The van der Waals surface area contributed by atoms with E-state index in [1.807, 2.05) is 50.2 Å². The summed E-state index contributed by atoms with van der Waals surface area (Å²) < 4.78 is 2.05. The van der Waals surface area contributed by atoms with Crippen molar-refractivity contribution in [2.45, 2.75) is 25.5 Å². The van der Waals surface area contributed by atoms with Crippen molar-refractivity contribution in [1.82, 2.24) is 19.7 Å². The Morgan fingerprint density at radius 2 is 1.93 bits per heavy atom. The lowest BCUT2D eigenvalue weighted by Crippen LogP contribution is -2.07. The molecule has 0 aliphatic rings. The standard InChI is InChI=1S/C22H20N4OS2/c1-15-11-19(16(2)29-15)20(27)14-28-22-25-24-21(18-9-6-10-23-12-18)26(22)13-17-7-4-3-5-8-17/h3-12H,13-14H2,1-2H3. The van der Waals surface area contributed by atoms with Crippen LogP contribution < -0.4 is 0 Å². The molecule has 1 aromatic carbocycles. The molecule has 0 aliphatic heterocycles. The Hall–Kier alpha value is -2.77. The van der Waals surface area contributed by atoms with E-state index in [4.69, 9.17) is 0 Å². The quantitative estimate of drug-likeness (QED) is 0.310. The first-order chi connectivity index (χ1) is 14.1. The number of Topliss-reactive ketones (excluding diaryl/α,β-unsaturated/α-hetero) is 1. The minimum Gasteiger partial charge on any atom is -0.297 e. The highest BCUT2D eigenvalue weighted by molar-refractivity contribution is 7.99. The second-order valence-corrected chi connectivity index (χ2v) is 9.06. The number of carbonyl (C=O) groups is 1. The van der Waals surface area contributed by atoms with Crippen LogP contribution in [0.4, 0.5) is 0 Å². The van der Waals surface area contributed by atoms with E-state index in [0.29, 0.717) is 12.3 Å². The molecule has 0 atom stereocenters. The zero-order valence-corrected chi connectivity index (χ0v) is 17.8. The molecule has 4 aromatic rings. The van der Waals surface area contributed by atoms with Gasteiger partial charge in [-0.2, -0.15) is 0 Å². The molecule has 3 heterocycles. The number of thiophene rings is 1. The van der Waals surface area contributed by atoms with Gasteiger partial charge in [0.2, 0.25) is 0 Å². The number of ketones is 1. The molecule has 0 N–H and O–H groups in total. The van der Waals surface area contributed by atoms with Crippen molar-refractivity contribution in [2.75, 3.05) is 5.75 Å². The first-order valence-corrected chi connectivity index (χ1v) is 11.0. The monoisotopic (exact) mass is 420 g/mol. The maximum Gasteiger partial charge on any atom is 0.192 e. The van der Waals surface area contributed by atoms with Gasteiger partial charge in [-0.3, -0.25) is 14.3 Å². The van der Waals surface area contributed by atoms with E-state index >= 15 is 0 Å². The summed E-state index contributed by atoms with van der Waals surface area (Å²) in [6, 6.07) is 16.0. The Bertz CT molecular complexity index is 1120. The average molecular weight is 421 g/mol. The molecule has 0 aliphatic carbocycles. The van der Waals surface area contributed by atoms with Crippen molar-refractivity contribution in [3.8, 4) is 11.4 Å². The number of carbonyl (C=O) groups excluding carboxylic acids is 1. The molecule has 0 saturated heterocycles. The van der Waals surface area contributed by atoms with E-state index in [0.717, 1.165) is 37.4 Å². The molecule has 0 radical (unpaired) electrons. The van der Waals surface area contributed by atoms with Crippen molar-refractivity contribution in [3.05, 3.63) is 81.8 Å². The molecule has 4 rings (SSSR count). The Balaban J connectivity index is 1.61. The summed E-state index contributed by atoms with van der Waals surface area (Å²) >= 11 is 3.08. The highest BCUT2D eigenvalue weighted by Crippen LogP contribution is 2.27. The van der Waals surface area contributed by atoms with Gasteiger partial charge in [-0.1, -0.05) is 42.1 Å². The number of hydrogen-bond donors (Lipinski definition) is 0. The summed E-state index contributed by atoms with van der Waals surface area (Å²) in [6.07, 6.45) is 3.52. The second kappa shape index (κ2) is 8.71. The van der Waals surface area contributed by atoms with Gasteiger partial charge >= 0.3 is 0 Å². The molecule has 0 saturated carbocycles. The predicted molar refractivity (Wildman–Crippen MR) is 118 cm³/mol. The van der Waals surface area contributed by atoms with Crippen LogP contribution in [0.5, 0.6) is 0 Å². The lowest BCUT2D eigenvalue weighted by Gasteiger charge is -2.10. The number of aryl methyl sites for hydroxylation is 2. The van der Waals surface area contributed by atoms with Gasteiger partial charge in [0.05, 0.1) is 12.3 Å². The molecule has 0 amide bonds. The Morgan fingerprint density at radius 3 is 2.62 bits per heavy atom. The summed E-state index contributed by atoms with van der Waals surface area (Å²) in [5.41, 5.74) is 2.86. The van der Waals surface area contributed by atoms with Crippen molar-refractivity contribution in [3.63, 3.8) is 0 Å². The first kappa shape index (κ1) is 19.5. The number of hydrogen-bond acceptors (Lipinski definition) is 6. The van der Waals surface area contributed by atoms with Crippen molar-refractivity contribution in [1.29, 1.82) is 0 Å². The van der Waals surface area contributed by atoms with E-state index in [-0.39, 0.29) is 5.78 Å². The largest absolute Gasteiger partial charge is 0.297 e. The van der Waals surface area contributed by atoms with Gasteiger partial charge in [-0.25, -0.2) is 0 Å². The fraction of sp³-hybridized carbons (Fsp3) is 0.182. The molecule has 0 spiro atoms. The molecule has 0 fully saturated rings. The second-order valence-electron chi connectivity index (χ2n) is 6.66. The first-order valence-electron chi connectivity index (χ1n) is 9.22. The zero-order valence-electron chi connectivity index (χ0n) is 16.2. The highest BCUT2D eigenvalue weighted by atomic mass is 32.2. The summed E-state index contributed by atoms with van der Waals surface area (Å²) in [7, 11) is 0. The van der Waals surface area contributed by atoms with E-state index in [2.05, 4.69) is 31.9 Å². The van der Waals surface area contributed by atoms with Crippen molar-refractivity contribution >= 4 is 28.9 Å². The predicted octanol–water partition coefficient (Wildman–Crippen LogP) is 5.04. The maximum atomic E-state index is 12.7. The molecular formula is C22H20N4OS2. The smallest absolute Gasteiger partial charge is 0.192 e. The molecule has 3 aromatic heterocycles. The van der Waals surface area contributed by atoms with Crippen molar-refractivity contribution in [2.24, 2.45) is 0 Å². The molecule has 5 nitrogen and oxygen atoms in total. The third-order valence-electron chi connectivity index (χ3n) is 4.49. The highest BCUT2D eigenvalue weighted by Gasteiger charge is 2.18. The Morgan fingerprint density at radius 1 is 1.10 bits per heavy atom. The van der Waals surface area contributed by atoms with Gasteiger partial charge in [0.1, 0.15) is 0 Å². The summed E-state index contributed by atoms with van der Waals surface area (Å²) in [6.45, 7) is 4.65. The van der Waals surface area contributed by atoms with Crippen LogP contribution in [0.1, 0.15) is 25.7 Å². The number of pyridine rings is 1. The molecular weight excluding hydrogens is 400 g/mol. The van der Waals surface area contributed by atoms with Gasteiger partial charge in [-0.15, -0.1) is 21.5 Å². The van der Waals surface area contributed by atoms with Crippen LogP contribution in [0.3, 0.4) is 0 Å². The SMILES string of the molecule is Cc1cc(C(=O)CSc2nnc(-c3cccnc3)n2Cc2ccccc2)c(C)s1. The lowest BCUT2D eigenvalue weighted by molar-refractivity contribution is 0.102. The van der Waals surface area contributed by atoms with Gasteiger partial charge in [-0.05, 0) is 37.6 Å². The van der Waals surface area contributed by atoms with E-state index in [1.54, 1.807) is 23.7 Å². The van der Waals surface area contributed by atoms with Gasteiger partial charge in [0.25, 0.3) is 0 Å². The molecule has 0 unspecified atom stereocenters. The fourth-order valence-corrected chi connectivity index (χ4v) is 4.89. The fourth-order valence-electron chi connectivity index (χ4n) is 3.13. The Kier molecular flexibility index (Phi) is 5.87. The minimum atomic E-state index is 0.119. The zero-order chi connectivity index (χ0) is 20.2. The van der Waals surface area contributed by atoms with Crippen LogP contribution in [0.15, 0.2) is 66.1 Å². The van der Waals surface area contributed by atoms with E-state index in [9.17, 15) is 4.79 Å². The van der Waals surface area contributed by atoms with Crippen LogP contribution in [-0.2, 0) is 6.54 Å². The summed E-state index contributed by atoms with van der Waals surface area (Å²) in [5.74, 6) is 1.20. The number of aromatic nitrogens is 4. The maximum absolute atomic E-state index is 12.7. The van der Waals surface area contributed by atoms with Crippen LogP contribution in [0.2, 0.25) is 0 Å². The van der Waals surface area contributed by atoms with Crippen molar-refractivity contribution < 1.29 is 4.79 Å². The topological polar surface area (TPSA) is 60.7 Å². The van der Waals surface area contributed by atoms with Gasteiger partial charge < -0.3 is 0 Å². The molecule has 29 heavy (non-hydrogen) atoms. The average Bonchev–Trinajstić information content (AvgIpc) is 3.30. The van der Waals surface area contributed by atoms with E-state index in [1.165, 1.54) is 11.8 Å². The van der Waals surface area contributed by atoms with Crippen LogP contribution in [-0.4, -0.2) is 31.3 Å². The summed E-state index contributed by atoms with van der Waals surface area (Å²) in [5, 5.41) is 9.51.